The SMILES string of the molecule is CC(c1ccc(S(N)(=O)=O)cc1)N(C)CC(=O)N(C)Cc1ccc(N(C)C)cc1. The first-order valence-electron chi connectivity index (χ1n) is 9.32. The van der Waals surface area contributed by atoms with Crippen LogP contribution in [-0.4, -0.2) is 58.9 Å². The van der Waals surface area contributed by atoms with Crippen LogP contribution in [0.25, 0.3) is 0 Å². The molecule has 2 N–H and O–H groups in total. The molecule has 2 aromatic carbocycles. The molecular weight excluding hydrogens is 388 g/mol. The maximum Gasteiger partial charge on any atom is 0.238 e. The molecule has 0 aliphatic heterocycles. The molecule has 8 heteroatoms. The van der Waals surface area contributed by atoms with E-state index < -0.39 is 10.0 Å². The van der Waals surface area contributed by atoms with Crippen LogP contribution in [-0.2, 0) is 21.4 Å². The molecule has 1 amide bonds. The second kappa shape index (κ2) is 9.39. The average molecular weight is 419 g/mol. The van der Waals surface area contributed by atoms with Crippen molar-refractivity contribution in [1.82, 2.24) is 9.80 Å². The molecule has 0 fully saturated rings. The van der Waals surface area contributed by atoms with Gasteiger partial charge in [0.15, 0.2) is 0 Å². The van der Waals surface area contributed by atoms with Gasteiger partial charge in [0, 0.05) is 39.4 Å². The minimum absolute atomic E-state index is 0.0113. The molecule has 0 radical (unpaired) electrons. The van der Waals surface area contributed by atoms with Crippen molar-refractivity contribution in [2.45, 2.75) is 24.4 Å². The fourth-order valence-corrected chi connectivity index (χ4v) is 3.44. The number of hydrogen-bond donors (Lipinski definition) is 1. The summed E-state index contributed by atoms with van der Waals surface area (Å²) in [6.07, 6.45) is 0. The third kappa shape index (κ3) is 6.28. The topological polar surface area (TPSA) is 86.9 Å². The number of likely N-dealkylation sites (N-methyl/N-ethyl adjacent to an activating group) is 2. The Morgan fingerprint density at radius 2 is 1.52 bits per heavy atom. The number of rotatable bonds is 8. The molecule has 1 unspecified atom stereocenters. The van der Waals surface area contributed by atoms with Crippen molar-refractivity contribution in [3.05, 3.63) is 59.7 Å². The number of primary sulfonamides is 1. The molecule has 7 nitrogen and oxygen atoms in total. The van der Waals surface area contributed by atoms with Crippen LogP contribution in [0.1, 0.15) is 24.1 Å². The molecule has 0 aliphatic rings. The van der Waals surface area contributed by atoms with Gasteiger partial charge in [-0.25, -0.2) is 13.6 Å². The van der Waals surface area contributed by atoms with Crippen LogP contribution in [0.4, 0.5) is 5.69 Å². The average Bonchev–Trinajstić information content (AvgIpc) is 2.67. The van der Waals surface area contributed by atoms with Crippen molar-refractivity contribution in [3.63, 3.8) is 0 Å². The summed E-state index contributed by atoms with van der Waals surface area (Å²) in [5.41, 5.74) is 3.10. The van der Waals surface area contributed by atoms with E-state index in [0.717, 1.165) is 16.8 Å². The van der Waals surface area contributed by atoms with E-state index in [1.54, 1.807) is 24.1 Å². The van der Waals surface area contributed by atoms with Crippen LogP contribution >= 0.6 is 0 Å². The quantitative estimate of drug-likeness (QED) is 0.709. The zero-order valence-corrected chi connectivity index (χ0v) is 18.5. The van der Waals surface area contributed by atoms with Gasteiger partial charge in [0.1, 0.15) is 0 Å². The van der Waals surface area contributed by atoms with E-state index in [0.29, 0.717) is 6.54 Å². The molecule has 0 saturated carbocycles. The lowest BCUT2D eigenvalue weighted by molar-refractivity contribution is -0.131. The first-order valence-corrected chi connectivity index (χ1v) is 10.9. The minimum atomic E-state index is -3.71. The standard InChI is InChI=1S/C21H30N4O3S/c1-16(18-8-12-20(13-9-18)29(22,27)28)24(4)15-21(26)25(5)14-17-6-10-19(11-7-17)23(2)3/h6-13,16H,14-15H2,1-5H3,(H2,22,27,28). The first kappa shape index (κ1) is 22.9. The summed E-state index contributed by atoms with van der Waals surface area (Å²) >= 11 is 0. The fourth-order valence-electron chi connectivity index (χ4n) is 2.92. The summed E-state index contributed by atoms with van der Waals surface area (Å²) in [5, 5.41) is 5.14. The molecule has 2 rings (SSSR count). The Morgan fingerprint density at radius 1 is 0.966 bits per heavy atom. The largest absolute Gasteiger partial charge is 0.378 e. The van der Waals surface area contributed by atoms with Gasteiger partial charge >= 0.3 is 0 Å². The molecule has 158 valence electrons. The number of benzene rings is 2. The van der Waals surface area contributed by atoms with E-state index in [1.165, 1.54) is 12.1 Å². The monoisotopic (exact) mass is 418 g/mol. The number of hydrogen-bond acceptors (Lipinski definition) is 5. The van der Waals surface area contributed by atoms with Crippen LogP contribution in [0, 0.1) is 0 Å². The Hall–Kier alpha value is -2.42. The summed E-state index contributed by atoms with van der Waals surface area (Å²) in [7, 11) is 3.93. The highest BCUT2D eigenvalue weighted by Crippen LogP contribution is 2.20. The zero-order valence-electron chi connectivity index (χ0n) is 17.7. The number of nitrogens with two attached hydrogens (primary N) is 1. The highest BCUT2D eigenvalue weighted by Gasteiger charge is 2.18. The van der Waals surface area contributed by atoms with Crippen molar-refractivity contribution in [2.75, 3.05) is 39.6 Å². The lowest BCUT2D eigenvalue weighted by Crippen LogP contribution is -2.37. The Morgan fingerprint density at radius 3 is 2.00 bits per heavy atom. The van der Waals surface area contributed by atoms with Crippen molar-refractivity contribution in [3.8, 4) is 0 Å². The predicted octanol–water partition coefficient (Wildman–Crippen LogP) is 2.05. The summed E-state index contributed by atoms with van der Waals surface area (Å²) in [4.78, 5) is 18.4. The molecule has 0 aliphatic carbocycles. The van der Waals surface area contributed by atoms with E-state index in [9.17, 15) is 13.2 Å². The van der Waals surface area contributed by atoms with E-state index in [1.807, 2.05) is 62.1 Å². The number of anilines is 1. The van der Waals surface area contributed by atoms with E-state index in [-0.39, 0.29) is 23.4 Å². The van der Waals surface area contributed by atoms with Gasteiger partial charge in [0.05, 0.1) is 11.4 Å². The molecule has 0 heterocycles. The van der Waals surface area contributed by atoms with Gasteiger partial charge in [-0.3, -0.25) is 9.69 Å². The Kier molecular flexibility index (Phi) is 7.40. The molecule has 2 aromatic rings. The van der Waals surface area contributed by atoms with Gasteiger partial charge in [0.25, 0.3) is 0 Å². The van der Waals surface area contributed by atoms with E-state index in [4.69, 9.17) is 5.14 Å². The highest BCUT2D eigenvalue weighted by atomic mass is 32.2. The summed E-state index contributed by atoms with van der Waals surface area (Å²) in [5.74, 6) is 0.0113. The maximum absolute atomic E-state index is 12.6. The predicted molar refractivity (Wildman–Crippen MR) is 116 cm³/mol. The number of carbonyl (C=O) groups excluding carboxylic acids is 1. The number of amides is 1. The van der Waals surface area contributed by atoms with Crippen molar-refractivity contribution in [2.24, 2.45) is 5.14 Å². The Labute approximate surface area is 173 Å². The molecule has 0 aromatic heterocycles. The van der Waals surface area contributed by atoms with Gasteiger partial charge in [-0.2, -0.15) is 0 Å². The molecular formula is C21H30N4O3S. The first-order chi connectivity index (χ1) is 13.5. The van der Waals surface area contributed by atoms with Gasteiger partial charge < -0.3 is 9.80 Å². The van der Waals surface area contributed by atoms with Crippen LogP contribution in [0.3, 0.4) is 0 Å². The van der Waals surface area contributed by atoms with Crippen LogP contribution < -0.4 is 10.0 Å². The number of nitrogens with zero attached hydrogens (tertiary/aromatic N) is 3. The van der Waals surface area contributed by atoms with Gasteiger partial charge in [0.2, 0.25) is 15.9 Å². The minimum Gasteiger partial charge on any atom is -0.378 e. The zero-order chi connectivity index (χ0) is 21.8. The maximum atomic E-state index is 12.6. The van der Waals surface area contributed by atoms with Crippen LogP contribution in [0.2, 0.25) is 0 Å². The van der Waals surface area contributed by atoms with Crippen LogP contribution in [0.5, 0.6) is 0 Å². The summed E-state index contributed by atoms with van der Waals surface area (Å²) in [6.45, 7) is 2.77. The summed E-state index contributed by atoms with van der Waals surface area (Å²) < 4.78 is 22.8. The number of sulfonamides is 1. The van der Waals surface area contributed by atoms with Crippen molar-refractivity contribution in [1.29, 1.82) is 0 Å². The van der Waals surface area contributed by atoms with Gasteiger partial charge in [-0.1, -0.05) is 24.3 Å². The molecule has 0 spiro atoms. The third-order valence-electron chi connectivity index (χ3n) is 5.04. The van der Waals surface area contributed by atoms with E-state index in [2.05, 4.69) is 0 Å². The molecule has 1 atom stereocenters. The van der Waals surface area contributed by atoms with Gasteiger partial charge in [-0.05, 0) is 49.4 Å². The third-order valence-corrected chi connectivity index (χ3v) is 5.96. The fraction of sp³-hybridized carbons (Fsp3) is 0.381. The highest BCUT2D eigenvalue weighted by molar-refractivity contribution is 7.89. The lowest BCUT2D eigenvalue weighted by Gasteiger charge is -2.27. The second-order valence-corrected chi connectivity index (χ2v) is 9.08. The second-order valence-electron chi connectivity index (χ2n) is 7.52. The van der Waals surface area contributed by atoms with Crippen molar-refractivity contribution >= 4 is 21.6 Å². The molecule has 29 heavy (non-hydrogen) atoms. The van der Waals surface area contributed by atoms with E-state index >= 15 is 0 Å². The smallest absolute Gasteiger partial charge is 0.238 e. The van der Waals surface area contributed by atoms with Crippen LogP contribution in [0.15, 0.2) is 53.4 Å². The number of carbonyl (C=O) groups is 1. The molecule has 0 bridgehead atoms. The Bertz CT molecular complexity index is 925. The van der Waals surface area contributed by atoms with Gasteiger partial charge in [-0.15, -0.1) is 0 Å². The molecule has 0 saturated heterocycles. The van der Waals surface area contributed by atoms with Crippen molar-refractivity contribution < 1.29 is 13.2 Å². The lowest BCUT2D eigenvalue weighted by atomic mass is 10.1. The Balaban J connectivity index is 1.96. The normalized spacial score (nSPS) is 12.7. The summed E-state index contributed by atoms with van der Waals surface area (Å²) in [6, 6.07) is 14.5.